The van der Waals surface area contributed by atoms with Gasteiger partial charge in [0.1, 0.15) is 0 Å². The van der Waals surface area contributed by atoms with Crippen LogP contribution < -0.4 is 0 Å². The van der Waals surface area contributed by atoms with E-state index < -0.39 is 5.82 Å². The normalized spacial score (nSPS) is 11.0. The van der Waals surface area contributed by atoms with Crippen LogP contribution in [0.2, 0.25) is 0 Å². The van der Waals surface area contributed by atoms with Gasteiger partial charge in [-0.3, -0.25) is 4.79 Å². The van der Waals surface area contributed by atoms with Crippen LogP contribution in [-0.4, -0.2) is 5.78 Å². The fourth-order valence-corrected chi connectivity index (χ4v) is 2.35. The number of benzene rings is 2. The van der Waals surface area contributed by atoms with E-state index in [1.165, 1.54) is 11.6 Å². The van der Waals surface area contributed by atoms with Crippen molar-refractivity contribution in [1.82, 2.24) is 0 Å². The Morgan fingerprint density at radius 3 is 2.62 bits per heavy atom. The molecule has 0 saturated heterocycles. The first-order valence-corrected chi connectivity index (χ1v) is 6.82. The predicted molar refractivity (Wildman–Crippen MR) is 80.1 cm³/mol. The molecule has 1 heterocycles. The van der Waals surface area contributed by atoms with E-state index in [1.54, 1.807) is 18.2 Å². The molecule has 0 spiro atoms. The Morgan fingerprint density at radius 1 is 1.10 bits per heavy atom. The molecule has 0 aliphatic rings. The minimum Gasteiger partial charge on any atom is -0.450 e. The number of fused-ring (bicyclic) bond motifs is 1. The van der Waals surface area contributed by atoms with E-state index in [0.29, 0.717) is 5.39 Å². The number of para-hydroxylation sites is 1. The van der Waals surface area contributed by atoms with E-state index in [4.69, 9.17) is 4.42 Å². The molecule has 106 valence electrons. The van der Waals surface area contributed by atoms with Crippen molar-refractivity contribution in [3.05, 3.63) is 70.7 Å². The van der Waals surface area contributed by atoms with E-state index in [-0.39, 0.29) is 23.5 Å². The van der Waals surface area contributed by atoms with Crippen LogP contribution in [0.4, 0.5) is 4.39 Å². The summed E-state index contributed by atoms with van der Waals surface area (Å²) in [5.41, 5.74) is 3.41. The number of hydrogen-bond acceptors (Lipinski definition) is 2. The summed E-state index contributed by atoms with van der Waals surface area (Å²) in [6, 6.07) is 12.2. The van der Waals surface area contributed by atoms with Gasteiger partial charge in [0.05, 0.1) is 0 Å². The van der Waals surface area contributed by atoms with Gasteiger partial charge in [-0.25, -0.2) is 4.39 Å². The summed E-state index contributed by atoms with van der Waals surface area (Å²) in [5.74, 6) is -0.389. The molecule has 21 heavy (non-hydrogen) atoms. The molecule has 0 aliphatic carbocycles. The molecule has 3 aromatic rings. The van der Waals surface area contributed by atoms with Crippen molar-refractivity contribution in [2.75, 3.05) is 0 Å². The second-order valence-corrected chi connectivity index (χ2v) is 5.29. The largest absolute Gasteiger partial charge is 0.450 e. The quantitative estimate of drug-likeness (QED) is 0.656. The van der Waals surface area contributed by atoms with Crippen LogP contribution in [0, 0.1) is 19.7 Å². The Kier molecular flexibility index (Phi) is 3.34. The van der Waals surface area contributed by atoms with Crippen molar-refractivity contribution >= 4 is 16.8 Å². The standard InChI is InChI=1S/C18H15FO2/c1-11-6-7-13(8-12(11)2)9-16(20)17-10-14-4-3-5-15(19)18(14)21-17/h3-8,10H,9H2,1-2H3. The molecule has 2 aromatic carbocycles. The minimum atomic E-state index is -0.447. The molecule has 0 bridgehead atoms. The molecule has 0 radical (unpaired) electrons. The number of ketones is 1. The first-order chi connectivity index (χ1) is 10.0. The topological polar surface area (TPSA) is 30.2 Å². The summed E-state index contributed by atoms with van der Waals surface area (Å²) in [7, 11) is 0. The SMILES string of the molecule is Cc1ccc(CC(=O)c2cc3cccc(F)c3o2)cc1C. The zero-order valence-electron chi connectivity index (χ0n) is 11.9. The third kappa shape index (κ3) is 2.59. The highest BCUT2D eigenvalue weighted by atomic mass is 19.1. The van der Waals surface area contributed by atoms with Gasteiger partial charge in [0.25, 0.3) is 0 Å². The molecule has 3 rings (SSSR count). The van der Waals surface area contributed by atoms with Crippen molar-refractivity contribution in [2.24, 2.45) is 0 Å². The molecule has 2 nitrogen and oxygen atoms in total. The van der Waals surface area contributed by atoms with Gasteiger partial charge in [-0.15, -0.1) is 0 Å². The van der Waals surface area contributed by atoms with Gasteiger partial charge in [0.15, 0.2) is 17.2 Å². The maximum atomic E-state index is 13.6. The lowest BCUT2D eigenvalue weighted by Gasteiger charge is -2.03. The number of rotatable bonds is 3. The molecule has 0 unspecified atom stereocenters. The van der Waals surface area contributed by atoms with Gasteiger partial charge in [-0.1, -0.05) is 30.3 Å². The fourth-order valence-electron chi connectivity index (χ4n) is 2.35. The fraction of sp³-hybridized carbons (Fsp3) is 0.167. The van der Waals surface area contributed by atoms with Gasteiger partial charge < -0.3 is 4.42 Å². The zero-order chi connectivity index (χ0) is 15.0. The van der Waals surface area contributed by atoms with E-state index in [9.17, 15) is 9.18 Å². The van der Waals surface area contributed by atoms with Gasteiger partial charge in [0, 0.05) is 11.8 Å². The molecule has 0 atom stereocenters. The summed E-state index contributed by atoms with van der Waals surface area (Å²) in [6.07, 6.45) is 0.253. The first-order valence-electron chi connectivity index (χ1n) is 6.82. The molecular weight excluding hydrogens is 267 g/mol. The second kappa shape index (κ2) is 5.17. The summed E-state index contributed by atoms with van der Waals surface area (Å²) < 4.78 is 18.9. The molecular formula is C18H15FO2. The molecule has 0 N–H and O–H groups in total. The lowest BCUT2D eigenvalue weighted by atomic mass is 10.0. The second-order valence-electron chi connectivity index (χ2n) is 5.29. The van der Waals surface area contributed by atoms with Crippen LogP contribution in [0.25, 0.3) is 11.0 Å². The van der Waals surface area contributed by atoms with Crippen molar-refractivity contribution in [2.45, 2.75) is 20.3 Å². The Labute approximate surface area is 122 Å². The number of Topliss-reactive ketones (excluding diaryl/α,β-unsaturated/α-hetero) is 1. The maximum absolute atomic E-state index is 13.6. The molecule has 0 fully saturated rings. The van der Waals surface area contributed by atoms with Crippen molar-refractivity contribution in [3.8, 4) is 0 Å². The third-order valence-corrected chi connectivity index (χ3v) is 3.71. The summed E-state index contributed by atoms with van der Waals surface area (Å²) in [4.78, 5) is 12.3. The minimum absolute atomic E-state index is 0.140. The molecule has 3 heteroatoms. The smallest absolute Gasteiger partial charge is 0.202 e. The number of hydrogen-bond donors (Lipinski definition) is 0. The van der Waals surface area contributed by atoms with Crippen LogP contribution in [-0.2, 0) is 6.42 Å². The van der Waals surface area contributed by atoms with Crippen molar-refractivity contribution < 1.29 is 13.6 Å². The van der Waals surface area contributed by atoms with Crippen LogP contribution in [0.15, 0.2) is 46.9 Å². The van der Waals surface area contributed by atoms with Crippen LogP contribution in [0.1, 0.15) is 27.2 Å². The number of halogens is 1. The zero-order valence-corrected chi connectivity index (χ0v) is 11.9. The van der Waals surface area contributed by atoms with Gasteiger partial charge in [-0.05, 0) is 42.7 Å². The Hall–Kier alpha value is -2.42. The van der Waals surface area contributed by atoms with Crippen LogP contribution in [0.5, 0.6) is 0 Å². The first kappa shape index (κ1) is 13.6. The molecule has 0 aliphatic heterocycles. The van der Waals surface area contributed by atoms with Gasteiger partial charge in [-0.2, -0.15) is 0 Å². The Bertz CT molecular complexity index is 830. The summed E-state index contributed by atoms with van der Waals surface area (Å²) >= 11 is 0. The maximum Gasteiger partial charge on any atom is 0.202 e. The highest BCUT2D eigenvalue weighted by Crippen LogP contribution is 2.23. The van der Waals surface area contributed by atoms with Gasteiger partial charge in [0.2, 0.25) is 5.78 Å². The van der Waals surface area contributed by atoms with E-state index in [1.807, 2.05) is 32.0 Å². The average Bonchev–Trinajstić information content (AvgIpc) is 2.89. The van der Waals surface area contributed by atoms with Crippen LogP contribution >= 0.6 is 0 Å². The average molecular weight is 282 g/mol. The van der Waals surface area contributed by atoms with E-state index in [2.05, 4.69) is 0 Å². The van der Waals surface area contributed by atoms with Crippen molar-refractivity contribution in [1.29, 1.82) is 0 Å². The third-order valence-electron chi connectivity index (χ3n) is 3.71. The number of furan rings is 1. The number of carbonyl (C=O) groups is 1. The number of carbonyl (C=O) groups excluding carboxylic acids is 1. The number of aryl methyl sites for hydroxylation is 2. The van der Waals surface area contributed by atoms with Crippen molar-refractivity contribution in [3.63, 3.8) is 0 Å². The highest BCUT2D eigenvalue weighted by molar-refractivity contribution is 5.98. The predicted octanol–water partition coefficient (Wildman–Crippen LogP) is 4.61. The van der Waals surface area contributed by atoms with Crippen LogP contribution in [0.3, 0.4) is 0 Å². The Morgan fingerprint density at radius 2 is 1.90 bits per heavy atom. The van der Waals surface area contributed by atoms with Gasteiger partial charge >= 0.3 is 0 Å². The van der Waals surface area contributed by atoms with E-state index >= 15 is 0 Å². The summed E-state index contributed by atoms with van der Waals surface area (Å²) in [5, 5.41) is 0.610. The highest BCUT2D eigenvalue weighted by Gasteiger charge is 2.15. The lowest BCUT2D eigenvalue weighted by Crippen LogP contribution is -2.02. The van der Waals surface area contributed by atoms with E-state index in [0.717, 1.165) is 11.1 Å². The summed E-state index contributed by atoms with van der Waals surface area (Å²) in [6.45, 7) is 4.04. The molecule has 1 aromatic heterocycles. The Balaban J connectivity index is 1.90. The molecule has 0 saturated carbocycles. The lowest BCUT2D eigenvalue weighted by molar-refractivity contribution is 0.0968. The molecule has 0 amide bonds. The monoisotopic (exact) mass is 282 g/mol.